The summed E-state index contributed by atoms with van der Waals surface area (Å²) in [6.07, 6.45) is 0.581. The van der Waals surface area contributed by atoms with Crippen molar-refractivity contribution in [3.8, 4) is 5.75 Å². The Morgan fingerprint density at radius 2 is 1.94 bits per heavy atom. The van der Waals surface area contributed by atoms with Crippen LogP contribution < -0.4 is 10.1 Å². The van der Waals surface area contributed by atoms with Gasteiger partial charge in [0.2, 0.25) is 5.91 Å². The van der Waals surface area contributed by atoms with Crippen LogP contribution in [0.25, 0.3) is 0 Å². The first-order valence-corrected chi connectivity index (χ1v) is 10.7. The maximum atomic E-state index is 13.2. The molecule has 8 heteroatoms. The molecule has 2 aromatic carbocycles. The van der Waals surface area contributed by atoms with Crippen LogP contribution >= 0.6 is 0 Å². The number of anilines is 1. The van der Waals surface area contributed by atoms with Crippen LogP contribution in [0.3, 0.4) is 0 Å². The van der Waals surface area contributed by atoms with E-state index in [-0.39, 0.29) is 43.4 Å². The molecule has 2 aliphatic rings. The Morgan fingerprint density at radius 3 is 2.69 bits per heavy atom. The van der Waals surface area contributed by atoms with Crippen LogP contribution in [-0.2, 0) is 20.7 Å². The zero-order valence-corrected chi connectivity index (χ0v) is 17.8. The van der Waals surface area contributed by atoms with Crippen molar-refractivity contribution < 1.29 is 29.0 Å². The number of ether oxygens (including phenoxy) is 2. The van der Waals surface area contributed by atoms with E-state index in [1.807, 2.05) is 30.3 Å². The lowest BCUT2D eigenvalue weighted by molar-refractivity contribution is -0.148. The molecule has 0 aliphatic carbocycles. The molecule has 3 atom stereocenters. The Bertz CT molecular complexity index is 1010. The molecule has 4 rings (SSSR count). The third-order valence-corrected chi connectivity index (χ3v) is 5.91. The number of nitrogens with one attached hydrogen (secondary N) is 1. The maximum Gasteiger partial charge on any atom is 0.305 e. The molecule has 0 bridgehead atoms. The fourth-order valence-corrected chi connectivity index (χ4v) is 4.29. The lowest BCUT2D eigenvalue weighted by Crippen LogP contribution is -2.53. The molecule has 8 nitrogen and oxygen atoms in total. The summed E-state index contributed by atoms with van der Waals surface area (Å²) in [5.74, 6) is -0.898. The number of rotatable bonds is 5. The normalized spacial score (nSPS) is 22.6. The molecule has 0 radical (unpaired) electrons. The van der Waals surface area contributed by atoms with Crippen LogP contribution in [-0.4, -0.2) is 59.7 Å². The van der Waals surface area contributed by atoms with Crippen molar-refractivity contribution in [3.63, 3.8) is 0 Å². The van der Waals surface area contributed by atoms with Crippen molar-refractivity contribution in [2.75, 3.05) is 19.0 Å². The summed E-state index contributed by atoms with van der Waals surface area (Å²) >= 11 is 0. The van der Waals surface area contributed by atoms with E-state index in [4.69, 9.17) is 14.6 Å². The molecular weight excluding hydrogens is 412 g/mol. The highest BCUT2D eigenvalue weighted by Gasteiger charge is 2.39. The van der Waals surface area contributed by atoms with E-state index >= 15 is 0 Å². The smallest absolute Gasteiger partial charge is 0.305 e. The number of likely N-dealkylation sites (N-methyl/N-ethyl adjacent to an activating group) is 1. The summed E-state index contributed by atoms with van der Waals surface area (Å²) in [5.41, 5.74) is 1.80. The molecule has 0 unspecified atom stereocenters. The van der Waals surface area contributed by atoms with E-state index in [2.05, 4.69) is 5.32 Å². The number of carboxylic acids is 1. The molecule has 1 fully saturated rings. The van der Waals surface area contributed by atoms with Crippen LogP contribution in [0.4, 0.5) is 5.69 Å². The third-order valence-electron chi connectivity index (χ3n) is 5.91. The van der Waals surface area contributed by atoms with Gasteiger partial charge in [-0.05, 0) is 36.6 Å². The molecular formula is C24H26N2O6. The van der Waals surface area contributed by atoms with E-state index in [1.165, 1.54) is 0 Å². The number of fused-ring (bicyclic) bond motifs is 2. The Labute approximate surface area is 186 Å². The standard InChI is InChI=1S/C24H26N2O6/c1-26-19-9-8-17(13-23(28)29)32-21(19)14-31-20-10-7-16(12-18(20)24(26)30)25-22(27)11-15-5-3-2-4-6-15/h2-7,10,12,17,19,21H,8-9,11,13-14H2,1H3,(H,25,27)(H,28,29)/t17-,19-,21+/m0/s1. The van der Waals surface area contributed by atoms with Crippen LogP contribution in [0.15, 0.2) is 48.5 Å². The van der Waals surface area contributed by atoms with Crippen LogP contribution in [0.2, 0.25) is 0 Å². The molecule has 2 aliphatic heterocycles. The van der Waals surface area contributed by atoms with E-state index in [0.29, 0.717) is 29.8 Å². The number of nitrogens with zero attached hydrogens (tertiary/aromatic N) is 1. The summed E-state index contributed by atoms with van der Waals surface area (Å²) in [7, 11) is 1.72. The van der Waals surface area contributed by atoms with Gasteiger partial charge in [0.1, 0.15) is 18.5 Å². The van der Waals surface area contributed by atoms with Crippen molar-refractivity contribution in [3.05, 3.63) is 59.7 Å². The average Bonchev–Trinajstić information content (AvgIpc) is 2.77. The topological polar surface area (TPSA) is 105 Å². The first kappa shape index (κ1) is 21.8. The second-order valence-corrected chi connectivity index (χ2v) is 8.19. The van der Waals surface area contributed by atoms with E-state index in [1.54, 1.807) is 30.1 Å². The molecule has 168 valence electrons. The summed E-state index contributed by atoms with van der Waals surface area (Å²) in [6.45, 7) is 0.213. The first-order valence-electron chi connectivity index (χ1n) is 10.7. The zero-order chi connectivity index (χ0) is 22.7. The van der Waals surface area contributed by atoms with Crippen LogP contribution in [0.1, 0.15) is 35.2 Å². The molecule has 2 aromatic rings. The predicted octanol–water partition coefficient (Wildman–Crippen LogP) is 2.72. The quantitative estimate of drug-likeness (QED) is 0.744. The Balaban J connectivity index is 1.49. The number of carbonyl (C=O) groups is 3. The maximum absolute atomic E-state index is 13.2. The van der Waals surface area contributed by atoms with Crippen molar-refractivity contribution >= 4 is 23.5 Å². The minimum atomic E-state index is -0.906. The van der Waals surface area contributed by atoms with Gasteiger partial charge >= 0.3 is 5.97 Å². The van der Waals surface area contributed by atoms with Crippen molar-refractivity contribution in [2.24, 2.45) is 0 Å². The second-order valence-electron chi connectivity index (χ2n) is 8.19. The largest absolute Gasteiger partial charge is 0.490 e. The summed E-state index contributed by atoms with van der Waals surface area (Å²) in [5, 5.41) is 11.9. The fraction of sp³-hybridized carbons (Fsp3) is 0.375. The number of hydrogen-bond acceptors (Lipinski definition) is 5. The number of amides is 2. The number of carbonyl (C=O) groups excluding carboxylic acids is 2. The van der Waals surface area contributed by atoms with E-state index in [0.717, 1.165) is 5.56 Å². The molecule has 32 heavy (non-hydrogen) atoms. The molecule has 0 aromatic heterocycles. The van der Waals surface area contributed by atoms with Gasteiger partial charge < -0.3 is 24.8 Å². The Hall–Kier alpha value is -3.39. The molecule has 0 spiro atoms. The van der Waals surface area contributed by atoms with Gasteiger partial charge in [-0.3, -0.25) is 14.4 Å². The van der Waals surface area contributed by atoms with Crippen molar-refractivity contribution in [1.29, 1.82) is 0 Å². The predicted molar refractivity (Wildman–Crippen MR) is 117 cm³/mol. The highest BCUT2D eigenvalue weighted by molar-refractivity contribution is 6.00. The van der Waals surface area contributed by atoms with Gasteiger partial charge in [0.25, 0.3) is 5.91 Å². The van der Waals surface area contributed by atoms with Crippen LogP contribution in [0, 0.1) is 0 Å². The Morgan fingerprint density at radius 1 is 1.16 bits per heavy atom. The fourth-order valence-electron chi connectivity index (χ4n) is 4.29. The highest BCUT2D eigenvalue weighted by Crippen LogP contribution is 2.32. The lowest BCUT2D eigenvalue weighted by Gasteiger charge is -2.42. The van der Waals surface area contributed by atoms with Gasteiger partial charge in [0.05, 0.1) is 30.6 Å². The third kappa shape index (κ3) is 4.91. The average molecular weight is 438 g/mol. The lowest BCUT2D eigenvalue weighted by atomic mass is 9.94. The minimum absolute atomic E-state index is 0.0660. The Kier molecular flexibility index (Phi) is 6.41. The van der Waals surface area contributed by atoms with Crippen molar-refractivity contribution in [1.82, 2.24) is 4.90 Å². The van der Waals surface area contributed by atoms with E-state index < -0.39 is 12.1 Å². The van der Waals surface area contributed by atoms with Gasteiger partial charge in [0.15, 0.2) is 0 Å². The number of benzene rings is 2. The van der Waals surface area contributed by atoms with E-state index in [9.17, 15) is 14.4 Å². The second kappa shape index (κ2) is 9.40. The van der Waals surface area contributed by atoms with Gasteiger partial charge in [-0.1, -0.05) is 30.3 Å². The monoisotopic (exact) mass is 438 g/mol. The van der Waals surface area contributed by atoms with Gasteiger partial charge in [-0.25, -0.2) is 0 Å². The van der Waals surface area contributed by atoms with Crippen molar-refractivity contribution in [2.45, 2.75) is 43.9 Å². The number of hydrogen-bond donors (Lipinski definition) is 2. The summed E-state index contributed by atoms with van der Waals surface area (Å²) in [6, 6.07) is 14.2. The SMILES string of the molecule is CN1C(=O)c2cc(NC(=O)Cc3ccccc3)ccc2OC[C@H]2O[C@H](CC(=O)O)CC[C@@H]21. The number of aliphatic carboxylic acids is 1. The molecule has 2 N–H and O–H groups in total. The van der Waals surface area contributed by atoms with Crippen LogP contribution in [0.5, 0.6) is 5.75 Å². The summed E-state index contributed by atoms with van der Waals surface area (Å²) in [4.78, 5) is 38.3. The zero-order valence-electron chi connectivity index (χ0n) is 17.8. The first-order chi connectivity index (χ1) is 15.4. The highest BCUT2D eigenvalue weighted by atomic mass is 16.5. The molecule has 2 heterocycles. The minimum Gasteiger partial charge on any atom is -0.490 e. The molecule has 0 saturated carbocycles. The van der Waals surface area contributed by atoms with Gasteiger partial charge in [-0.2, -0.15) is 0 Å². The molecule has 1 saturated heterocycles. The molecule has 2 amide bonds. The summed E-state index contributed by atoms with van der Waals surface area (Å²) < 4.78 is 11.8. The van der Waals surface area contributed by atoms with Gasteiger partial charge in [-0.15, -0.1) is 0 Å². The number of carboxylic acid groups (broad SMARTS) is 1. The van der Waals surface area contributed by atoms with Gasteiger partial charge in [0, 0.05) is 12.7 Å².